The Balaban J connectivity index is 2.41. The van der Waals surface area contributed by atoms with Crippen LogP contribution in [0.15, 0.2) is 82.1 Å². The lowest BCUT2D eigenvalue weighted by Gasteiger charge is -2.16. The van der Waals surface area contributed by atoms with Gasteiger partial charge in [-0.05, 0) is 67.7 Å². The first-order valence-corrected chi connectivity index (χ1v) is 12.6. The molecule has 0 unspecified atom stereocenters. The molecule has 2 rings (SSSR count). The number of nitrogens with zero attached hydrogens (tertiary/aromatic N) is 2. The van der Waals surface area contributed by atoms with Crippen LogP contribution in [-0.4, -0.2) is 29.9 Å². The van der Waals surface area contributed by atoms with Gasteiger partial charge in [-0.2, -0.15) is 13.2 Å². The molecule has 38 heavy (non-hydrogen) atoms. The summed E-state index contributed by atoms with van der Waals surface area (Å²) in [5.41, 5.74) is 2.16. The monoisotopic (exact) mass is 529 g/mol. The maximum absolute atomic E-state index is 13.4. The van der Waals surface area contributed by atoms with Crippen LogP contribution in [0.4, 0.5) is 17.6 Å². The lowest BCUT2D eigenvalue weighted by atomic mass is 9.98. The van der Waals surface area contributed by atoms with E-state index < -0.39 is 11.9 Å². The summed E-state index contributed by atoms with van der Waals surface area (Å²) in [6.07, 6.45) is 5.64. The van der Waals surface area contributed by atoms with E-state index in [1.165, 1.54) is 18.3 Å². The smallest absolute Gasteiger partial charge is 0.433 e. The van der Waals surface area contributed by atoms with Crippen LogP contribution in [0.1, 0.15) is 57.6 Å². The number of phenols is 1. The zero-order valence-electron chi connectivity index (χ0n) is 22.2. The average molecular weight is 530 g/mol. The number of rotatable bonds is 11. The third kappa shape index (κ3) is 9.32. The van der Waals surface area contributed by atoms with Crippen LogP contribution in [0.25, 0.3) is 11.1 Å². The van der Waals surface area contributed by atoms with Crippen molar-refractivity contribution >= 4 is 12.1 Å². The van der Waals surface area contributed by atoms with Gasteiger partial charge in [0.15, 0.2) is 0 Å². The Bertz CT molecular complexity index is 1210. The van der Waals surface area contributed by atoms with Gasteiger partial charge >= 0.3 is 6.18 Å². The summed E-state index contributed by atoms with van der Waals surface area (Å²) in [7, 11) is 0. The molecular weight excluding hydrogens is 494 g/mol. The summed E-state index contributed by atoms with van der Waals surface area (Å²) in [5, 5.41) is 13.8. The van der Waals surface area contributed by atoms with E-state index in [0.29, 0.717) is 40.1 Å². The predicted molar refractivity (Wildman–Crippen MR) is 148 cm³/mol. The van der Waals surface area contributed by atoms with Crippen molar-refractivity contribution in [1.29, 1.82) is 0 Å². The molecule has 0 spiro atoms. The van der Waals surface area contributed by atoms with E-state index in [-0.39, 0.29) is 24.5 Å². The highest BCUT2D eigenvalue weighted by Gasteiger charge is 2.33. The molecule has 2 N–H and O–H groups in total. The van der Waals surface area contributed by atoms with Crippen molar-refractivity contribution in [3.05, 3.63) is 89.0 Å². The minimum Gasteiger partial charge on any atom is -0.508 e. The number of benzene rings is 2. The van der Waals surface area contributed by atoms with Gasteiger partial charge < -0.3 is 10.4 Å². The first kappa shape index (κ1) is 30.5. The zero-order valence-corrected chi connectivity index (χ0v) is 22.2. The molecule has 0 fully saturated rings. The summed E-state index contributed by atoms with van der Waals surface area (Å²) in [5.74, 6) is 0.103. The molecule has 0 radical (unpaired) electrons. The maximum Gasteiger partial charge on any atom is 0.433 e. The number of amidine groups is 1. The van der Waals surface area contributed by atoms with Gasteiger partial charge in [-0.3, -0.25) is 4.99 Å². The molecule has 0 aliphatic rings. The number of unbranched alkanes of at least 4 members (excludes halogenated alkanes) is 2. The molecule has 0 saturated carbocycles. The van der Waals surface area contributed by atoms with Crippen molar-refractivity contribution < 1.29 is 22.7 Å². The molecule has 204 valence electrons. The molecule has 0 heterocycles. The standard InChI is InChI=1S/C30H35F4N3O/c1-5-8-10-16-35-29(37-20-22(7-3)19-36-28(11-9-6-2)30(32,33)34)26-17-24(18-27(38)21(26)4)23-12-14-25(31)15-13-23/h7,10-19,38H,5-6,8-9,20H2,1-4H3,(H,35,37)/b16-10+,22-7+,28-11+,36-19-. The Labute approximate surface area is 222 Å². The number of halogens is 4. The van der Waals surface area contributed by atoms with E-state index in [9.17, 15) is 22.7 Å². The summed E-state index contributed by atoms with van der Waals surface area (Å²) in [6.45, 7) is 7.47. The van der Waals surface area contributed by atoms with Crippen LogP contribution >= 0.6 is 0 Å². The number of hydrogen-bond donors (Lipinski definition) is 2. The largest absolute Gasteiger partial charge is 0.508 e. The minimum absolute atomic E-state index is 0.0394. The van der Waals surface area contributed by atoms with E-state index in [4.69, 9.17) is 0 Å². The molecule has 0 saturated heterocycles. The maximum atomic E-state index is 13.4. The topological polar surface area (TPSA) is 57.0 Å². The van der Waals surface area contributed by atoms with Crippen molar-refractivity contribution in [2.45, 2.75) is 59.6 Å². The van der Waals surface area contributed by atoms with E-state index in [0.717, 1.165) is 18.9 Å². The molecule has 8 heteroatoms. The Morgan fingerprint density at radius 1 is 1.03 bits per heavy atom. The number of hydrogen-bond acceptors (Lipinski definition) is 3. The Kier molecular flexibility index (Phi) is 12.0. The van der Waals surface area contributed by atoms with E-state index >= 15 is 0 Å². The molecule has 0 aliphatic heterocycles. The van der Waals surface area contributed by atoms with Gasteiger partial charge in [-0.15, -0.1) is 0 Å². The summed E-state index contributed by atoms with van der Waals surface area (Å²) >= 11 is 0. The zero-order chi connectivity index (χ0) is 28.1. The van der Waals surface area contributed by atoms with Crippen molar-refractivity contribution in [3.63, 3.8) is 0 Å². The van der Waals surface area contributed by atoms with Gasteiger partial charge in [0.25, 0.3) is 0 Å². The lowest BCUT2D eigenvalue weighted by Crippen LogP contribution is -2.27. The van der Waals surface area contributed by atoms with Gasteiger partial charge in [0.05, 0.1) is 0 Å². The highest BCUT2D eigenvalue weighted by Crippen LogP contribution is 2.30. The van der Waals surface area contributed by atoms with Gasteiger partial charge in [0, 0.05) is 30.1 Å². The second-order valence-corrected chi connectivity index (χ2v) is 8.68. The third-order valence-electron chi connectivity index (χ3n) is 5.69. The van der Waals surface area contributed by atoms with Crippen molar-refractivity contribution in [1.82, 2.24) is 5.32 Å². The van der Waals surface area contributed by atoms with Crippen molar-refractivity contribution in [3.8, 4) is 16.9 Å². The third-order valence-corrected chi connectivity index (χ3v) is 5.69. The van der Waals surface area contributed by atoms with Gasteiger partial charge in [0.1, 0.15) is 23.1 Å². The fourth-order valence-electron chi connectivity index (χ4n) is 3.42. The fraction of sp³-hybridized carbons (Fsp3) is 0.333. The lowest BCUT2D eigenvalue weighted by molar-refractivity contribution is -0.0925. The van der Waals surface area contributed by atoms with E-state index in [2.05, 4.69) is 15.3 Å². The second-order valence-electron chi connectivity index (χ2n) is 8.68. The molecule has 0 aliphatic carbocycles. The van der Waals surface area contributed by atoms with Crippen LogP contribution < -0.4 is 5.32 Å². The van der Waals surface area contributed by atoms with Crippen LogP contribution in [0.5, 0.6) is 5.75 Å². The Morgan fingerprint density at radius 3 is 2.32 bits per heavy atom. The highest BCUT2D eigenvalue weighted by molar-refractivity contribution is 6.02. The molecule has 2 aromatic rings. The number of alkyl halides is 3. The minimum atomic E-state index is -4.54. The van der Waals surface area contributed by atoms with E-state index in [1.807, 2.05) is 19.1 Å². The van der Waals surface area contributed by atoms with E-state index in [1.54, 1.807) is 51.2 Å². The number of aliphatic imine (C=N–C) groups is 2. The average Bonchev–Trinajstić information content (AvgIpc) is 2.88. The van der Waals surface area contributed by atoms with Crippen LogP contribution in [0.3, 0.4) is 0 Å². The highest BCUT2D eigenvalue weighted by atomic mass is 19.4. The molecule has 2 aromatic carbocycles. The van der Waals surface area contributed by atoms with Crippen LogP contribution in [0, 0.1) is 12.7 Å². The first-order valence-electron chi connectivity index (χ1n) is 12.6. The molecule has 0 atom stereocenters. The summed E-state index contributed by atoms with van der Waals surface area (Å²) in [4.78, 5) is 8.27. The van der Waals surface area contributed by atoms with Crippen molar-refractivity contribution in [2.24, 2.45) is 9.98 Å². The van der Waals surface area contributed by atoms with Gasteiger partial charge in [0.2, 0.25) is 0 Å². The molecule has 0 aromatic heterocycles. The first-order chi connectivity index (χ1) is 18.1. The summed E-state index contributed by atoms with van der Waals surface area (Å²) in [6, 6.07) is 9.35. The number of aromatic hydroxyl groups is 1. The predicted octanol–water partition coefficient (Wildman–Crippen LogP) is 8.42. The second kappa shape index (κ2) is 14.9. The van der Waals surface area contributed by atoms with Crippen LogP contribution in [0.2, 0.25) is 0 Å². The number of nitrogens with one attached hydrogen (secondary N) is 1. The molecule has 4 nitrogen and oxygen atoms in total. The molecular formula is C30H35F4N3O. The Morgan fingerprint density at radius 2 is 1.71 bits per heavy atom. The normalized spacial score (nSPS) is 13.6. The molecule has 0 amide bonds. The quantitative estimate of drug-likeness (QED) is 0.174. The fourth-order valence-corrected chi connectivity index (χ4v) is 3.42. The van der Waals surface area contributed by atoms with Gasteiger partial charge in [-0.1, -0.05) is 57.0 Å². The van der Waals surface area contributed by atoms with Crippen LogP contribution in [-0.2, 0) is 0 Å². The molecule has 0 bridgehead atoms. The number of allylic oxidation sites excluding steroid dienone is 4. The van der Waals surface area contributed by atoms with Crippen molar-refractivity contribution in [2.75, 3.05) is 6.54 Å². The van der Waals surface area contributed by atoms with Gasteiger partial charge in [-0.25, -0.2) is 9.38 Å². The number of phenolic OH excluding ortho intramolecular Hbond substituents is 1. The Hall–Kier alpha value is -3.68. The SMILES string of the molecule is C\C=C(/C=N\C(=C\CCC)C(F)(F)F)CN/C(=N/C=C/CCC)c1cc(-c2ccc(F)cc2)cc(O)c1C. The summed E-state index contributed by atoms with van der Waals surface area (Å²) < 4.78 is 53.4.